The first-order valence-electron chi connectivity index (χ1n) is 6.76. The van der Waals surface area contributed by atoms with Crippen molar-refractivity contribution in [3.63, 3.8) is 0 Å². The van der Waals surface area contributed by atoms with Crippen molar-refractivity contribution in [3.05, 3.63) is 12.7 Å². The minimum absolute atomic E-state index is 1.08. The SMILES string of the molecule is C=CCCC[PH](C#N)(CCCC)CCCC. The van der Waals surface area contributed by atoms with E-state index in [2.05, 4.69) is 26.2 Å². The first-order chi connectivity index (χ1) is 7.74. The second kappa shape index (κ2) is 9.86. The van der Waals surface area contributed by atoms with Crippen LogP contribution >= 0.6 is 7.26 Å². The fourth-order valence-corrected chi connectivity index (χ4v) is 6.18. The summed E-state index contributed by atoms with van der Waals surface area (Å²) < 4.78 is 0. The van der Waals surface area contributed by atoms with Crippen LogP contribution in [0.3, 0.4) is 0 Å². The van der Waals surface area contributed by atoms with E-state index >= 15 is 0 Å². The van der Waals surface area contributed by atoms with Gasteiger partial charge in [0.15, 0.2) is 0 Å². The summed E-state index contributed by atoms with van der Waals surface area (Å²) in [5.41, 5.74) is 0. The molecular formula is C14H28NP. The van der Waals surface area contributed by atoms with Crippen LogP contribution in [0.4, 0.5) is 0 Å². The van der Waals surface area contributed by atoms with Crippen molar-refractivity contribution in [2.24, 2.45) is 0 Å². The van der Waals surface area contributed by atoms with E-state index < -0.39 is 7.26 Å². The average Bonchev–Trinajstić information content (AvgIpc) is 2.32. The number of allylic oxidation sites excluding steroid dienone is 1. The summed E-state index contributed by atoms with van der Waals surface area (Å²) in [6.45, 7) is 8.21. The molecule has 0 radical (unpaired) electrons. The van der Waals surface area contributed by atoms with Gasteiger partial charge >= 0.3 is 102 Å². The van der Waals surface area contributed by atoms with Gasteiger partial charge in [-0.2, -0.15) is 0 Å². The van der Waals surface area contributed by atoms with E-state index in [0.29, 0.717) is 0 Å². The average molecular weight is 241 g/mol. The molecular weight excluding hydrogens is 213 g/mol. The Kier molecular flexibility index (Phi) is 9.65. The predicted octanol–water partition coefficient (Wildman–Crippen LogP) is 4.78. The molecule has 0 N–H and O–H groups in total. The van der Waals surface area contributed by atoms with Crippen LogP contribution in [0, 0.1) is 11.1 Å². The fourth-order valence-electron chi connectivity index (χ4n) is 2.16. The van der Waals surface area contributed by atoms with Crippen molar-refractivity contribution in [3.8, 4) is 5.81 Å². The molecule has 0 aromatic rings. The Morgan fingerprint density at radius 2 is 1.56 bits per heavy atom. The van der Waals surface area contributed by atoms with Gasteiger partial charge in [-0.15, -0.1) is 0 Å². The summed E-state index contributed by atoms with van der Waals surface area (Å²) in [5.74, 6) is 2.75. The summed E-state index contributed by atoms with van der Waals surface area (Å²) >= 11 is 0. The number of hydrogen-bond donors (Lipinski definition) is 0. The van der Waals surface area contributed by atoms with Crippen molar-refractivity contribution in [1.29, 1.82) is 5.26 Å². The maximum atomic E-state index is 9.52. The van der Waals surface area contributed by atoms with Crippen LogP contribution in [0.15, 0.2) is 12.7 Å². The predicted molar refractivity (Wildman–Crippen MR) is 77.8 cm³/mol. The molecule has 0 amide bonds. The summed E-state index contributed by atoms with van der Waals surface area (Å²) in [7, 11) is -1.59. The topological polar surface area (TPSA) is 23.8 Å². The Labute approximate surface area is 102 Å². The summed E-state index contributed by atoms with van der Waals surface area (Å²) in [6, 6.07) is 0. The third kappa shape index (κ3) is 6.29. The van der Waals surface area contributed by atoms with E-state index in [9.17, 15) is 5.26 Å². The molecule has 0 heterocycles. The third-order valence-corrected chi connectivity index (χ3v) is 7.72. The molecule has 0 unspecified atom stereocenters. The molecule has 0 aliphatic heterocycles. The summed E-state index contributed by atoms with van der Waals surface area (Å²) in [5, 5.41) is 9.52. The van der Waals surface area contributed by atoms with E-state index in [1.54, 1.807) is 0 Å². The Hall–Kier alpha value is -0.340. The van der Waals surface area contributed by atoms with Crippen molar-refractivity contribution < 1.29 is 0 Å². The second-order valence-corrected chi connectivity index (χ2v) is 9.06. The van der Waals surface area contributed by atoms with Crippen LogP contribution in [0.5, 0.6) is 0 Å². The number of unbranched alkanes of at least 4 members (excludes halogenated alkanes) is 3. The van der Waals surface area contributed by atoms with E-state index in [4.69, 9.17) is 0 Å². The molecule has 0 rings (SSSR count). The third-order valence-electron chi connectivity index (χ3n) is 3.32. The van der Waals surface area contributed by atoms with Crippen LogP contribution in [-0.4, -0.2) is 18.5 Å². The standard InChI is InChI=1S/C14H28NP/c1-4-7-10-13-16(14-15,11-8-5-2)12-9-6-3/h4,16H,1,5-13H2,2-3H3. The Morgan fingerprint density at radius 1 is 1.06 bits per heavy atom. The molecule has 16 heavy (non-hydrogen) atoms. The number of hydrogen-bond acceptors (Lipinski definition) is 1. The Balaban J connectivity index is 4.29. The van der Waals surface area contributed by atoms with Gasteiger partial charge < -0.3 is 0 Å². The zero-order valence-electron chi connectivity index (χ0n) is 11.1. The van der Waals surface area contributed by atoms with Crippen LogP contribution in [-0.2, 0) is 0 Å². The van der Waals surface area contributed by atoms with Gasteiger partial charge in [-0.1, -0.05) is 0 Å². The number of nitriles is 1. The first-order valence-corrected chi connectivity index (χ1v) is 9.39. The molecule has 0 aliphatic carbocycles. The van der Waals surface area contributed by atoms with Gasteiger partial charge in [0.2, 0.25) is 0 Å². The molecule has 2 heteroatoms. The number of nitrogens with zero attached hydrogens (tertiary/aromatic N) is 1. The molecule has 0 fully saturated rings. The van der Waals surface area contributed by atoms with Gasteiger partial charge in [0.1, 0.15) is 0 Å². The van der Waals surface area contributed by atoms with Crippen molar-refractivity contribution in [1.82, 2.24) is 0 Å². The molecule has 0 aromatic carbocycles. The normalized spacial score (nSPS) is 12.1. The van der Waals surface area contributed by atoms with E-state index in [1.807, 2.05) is 6.08 Å². The molecule has 0 saturated heterocycles. The fraction of sp³-hybridized carbons (Fsp3) is 0.786. The van der Waals surface area contributed by atoms with Gasteiger partial charge in [-0.25, -0.2) is 0 Å². The summed E-state index contributed by atoms with van der Waals surface area (Å²) in [6.07, 6.45) is 12.8. The first kappa shape index (κ1) is 15.7. The van der Waals surface area contributed by atoms with Crippen LogP contribution < -0.4 is 0 Å². The van der Waals surface area contributed by atoms with Crippen molar-refractivity contribution in [2.45, 2.75) is 52.4 Å². The Morgan fingerprint density at radius 3 is 1.94 bits per heavy atom. The van der Waals surface area contributed by atoms with Gasteiger partial charge in [0.25, 0.3) is 0 Å². The van der Waals surface area contributed by atoms with E-state index in [-0.39, 0.29) is 0 Å². The van der Waals surface area contributed by atoms with Crippen LogP contribution in [0.2, 0.25) is 0 Å². The van der Waals surface area contributed by atoms with Gasteiger partial charge in [-0.3, -0.25) is 0 Å². The zero-order chi connectivity index (χ0) is 12.3. The quantitative estimate of drug-likeness (QED) is 0.306. The molecule has 94 valence electrons. The summed E-state index contributed by atoms with van der Waals surface area (Å²) in [4.78, 5) is 0. The molecule has 0 aliphatic rings. The molecule has 0 saturated carbocycles. The van der Waals surface area contributed by atoms with E-state index in [0.717, 1.165) is 6.42 Å². The Bertz CT molecular complexity index is 209. The van der Waals surface area contributed by atoms with Gasteiger partial charge in [-0.05, 0) is 0 Å². The molecule has 0 atom stereocenters. The van der Waals surface area contributed by atoms with Crippen molar-refractivity contribution >= 4 is 7.26 Å². The minimum atomic E-state index is -1.59. The molecule has 0 spiro atoms. The van der Waals surface area contributed by atoms with Crippen molar-refractivity contribution in [2.75, 3.05) is 18.5 Å². The van der Waals surface area contributed by atoms with Crippen LogP contribution in [0.1, 0.15) is 52.4 Å². The maximum absolute atomic E-state index is 9.52. The number of rotatable bonds is 10. The zero-order valence-corrected chi connectivity index (χ0v) is 12.1. The monoisotopic (exact) mass is 241 g/mol. The molecule has 0 bridgehead atoms. The van der Waals surface area contributed by atoms with Gasteiger partial charge in [0.05, 0.1) is 0 Å². The van der Waals surface area contributed by atoms with E-state index in [1.165, 1.54) is 50.6 Å². The molecule has 0 aromatic heterocycles. The second-order valence-electron chi connectivity index (χ2n) is 4.78. The molecule has 1 nitrogen and oxygen atoms in total. The van der Waals surface area contributed by atoms with Gasteiger partial charge in [0, 0.05) is 0 Å². The van der Waals surface area contributed by atoms with Crippen LogP contribution in [0.25, 0.3) is 0 Å².